The van der Waals surface area contributed by atoms with Crippen molar-refractivity contribution in [3.63, 3.8) is 0 Å². The summed E-state index contributed by atoms with van der Waals surface area (Å²) in [6.07, 6.45) is -3.23. The number of hydrogen-bond donors (Lipinski definition) is 1. The summed E-state index contributed by atoms with van der Waals surface area (Å²) in [7, 11) is 0. The smallest absolute Gasteiger partial charge is 0.293 e. The van der Waals surface area contributed by atoms with Crippen molar-refractivity contribution in [2.75, 3.05) is 12.4 Å². The first-order valence-electron chi connectivity index (χ1n) is 7.60. The lowest BCUT2D eigenvalue weighted by atomic mass is 9.98. The number of hydrogen-bond acceptors (Lipinski definition) is 7. The molecule has 6 nitrogen and oxygen atoms in total. The molecule has 2 saturated heterocycles. The lowest BCUT2D eigenvalue weighted by Gasteiger charge is -2.47. The summed E-state index contributed by atoms with van der Waals surface area (Å²) in [6, 6.07) is 9.50. The molecule has 1 aromatic carbocycles. The average molecular weight is 340 g/mol. The highest BCUT2D eigenvalue weighted by Gasteiger charge is 2.50. The second-order valence-electron chi connectivity index (χ2n) is 5.36. The molecule has 2 heterocycles. The van der Waals surface area contributed by atoms with Crippen molar-refractivity contribution in [2.45, 2.75) is 43.1 Å². The van der Waals surface area contributed by atoms with E-state index < -0.39 is 30.0 Å². The van der Waals surface area contributed by atoms with Crippen LogP contribution in [0.2, 0.25) is 0 Å². The Hall–Kier alpha value is -1.12. The number of rotatable bonds is 5. The summed E-state index contributed by atoms with van der Waals surface area (Å²) in [5.74, 6) is 0.779. The molecule has 6 atom stereocenters. The molecule has 1 N–H and O–H groups in total. The second-order valence-corrected chi connectivity index (χ2v) is 6.74. The Labute approximate surface area is 139 Å². The van der Waals surface area contributed by atoms with Crippen LogP contribution in [-0.4, -0.2) is 53.8 Å². The number of benzene rings is 1. The Bertz CT molecular complexity index is 513. The van der Waals surface area contributed by atoms with Gasteiger partial charge in [-0.3, -0.25) is 4.79 Å². The van der Waals surface area contributed by atoms with E-state index in [1.165, 1.54) is 11.8 Å². The zero-order chi connectivity index (χ0) is 16.2. The number of aliphatic hydroxyl groups is 1. The fourth-order valence-electron chi connectivity index (χ4n) is 2.86. The molecule has 0 bridgehead atoms. The minimum atomic E-state index is -0.944. The Morgan fingerprint density at radius 2 is 2.13 bits per heavy atom. The molecule has 23 heavy (non-hydrogen) atoms. The highest BCUT2D eigenvalue weighted by Crippen LogP contribution is 2.37. The highest BCUT2D eigenvalue weighted by atomic mass is 32.2. The van der Waals surface area contributed by atoms with Gasteiger partial charge in [0.2, 0.25) is 0 Å². The molecule has 3 rings (SSSR count). The van der Waals surface area contributed by atoms with Crippen molar-refractivity contribution in [3.05, 3.63) is 35.9 Å². The summed E-state index contributed by atoms with van der Waals surface area (Å²) in [6.45, 7) is 2.64. The molecule has 0 unspecified atom stereocenters. The number of aliphatic hydroxyl groups excluding tert-OH is 1. The third-order valence-electron chi connectivity index (χ3n) is 3.92. The zero-order valence-electron chi connectivity index (χ0n) is 12.7. The second kappa shape index (κ2) is 7.63. The van der Waals surface area contributed by atoms with E-state index in [2.05, 4.69) is 0 Å². The van der Waals surface area contributed by atoms with Gasteiger partial charge in [-0.25, -0.2) is 0 Å². The summed E-state index contributed by atoms with van der Waals surface area (Å²) in [5, 5.41) is 10.4. The first kappa shape index (κ1) is 16.7. The Balaban J connectivity index is 1.77. The van der Waals surface area contributed by atoms with Gasteiger partial charge in [0.1, 0.15) is 23.7 Å². The summed E-state index contributed by atoms with van der Waals surface area (Å²) < 4.78 is 22.7. The molecule has 0 radical (unpaired) electrons. The third kappa shape index (κ3) is 3.54. The van der Waals surface area contributed by atoms with E-state index in [1.54, 1.807) is 0 Å². The van der Waals surface area contributed by atoms with Gasteiger partial charge in [0, 0.05) is 5.56 Å². The maximum atomic E-state index is 10.8. The molecule has 7 heteroatoms. The number of ether oxygens (including phenoxy) is 4. The van der Waals surface area contributed by atoms with Gasteiger partial charge in [0.25, 0.3) is 6.47 Å². The van der Waals surface area contributed by atoms with E-state index >= 15 is 0 Å². The molecule has 0 spiro atoms. The van der Waals surface area contributed by atoms with Gasteiger partial charge >= 0.3 is 0 Å². The minimum absolute atomic E-state index is 0.316. The van der Waals surface area contributed by atoms with E-state index in [-0.39, 0.29) is 6.10 Å². The summed E-state index contributed by atoms with van der Waals surface area (Å²) >= 11 is 1.46. The minimum Gasteiger partial charge on any atom is -0.459 e. The fraction of sp³-hybridized carbons (Fsp3) is 0.562. The van der Waals surface area contributed by atoms with E-state index in [0.717, 1.165) is 11.3 Å². The SMILES string of the molecule is CCS[C@@H]1O[C@@H]2CO[C@@H](c3ccccc3)O[C@H]2[C@H](OC=O)[C@H]1O. The van der Waals surface area contributed by atoms with Gasteiger partial charge in [0.05, 0.1) is 6.61 Å². The largest absolute Gasteiger partial charge is 0.459 e. The molecule has 0 saturated carbocycles. The normalized spacial score (nSPS) is 37.0. The predicted octanol–water partition coefficient (Wildman–Crippen LogP) is 1.48. The van der Waals surface area contributed by atoms with Crippen LogP contribution in [-0.2, 0) is 23.7 Å². The average Bonchev–Trinajstić information content (AvgIpc) is 2.59. The maximum Gasteiger partial charge on any atom is 0.293 e. The molecule has 1 aromatic rings. The Morgan fingerprint density at radius 1 is 1.35 bits per heavy atom. The van der Waals surface area contributed by atoms with Crippen molar-refractivity contribution < 1.29 is 28.8 Å². The number of thioether (sulfide) groups is 1. The van der Waals surface area contributed by atoms with Crippen molar-refractivity contribution >= 4 is 18.2 Å². The Kier molecular flexibility index (Phi) is 5.55. The number of fused-ring (bicyclic) bond motifs is 1. The molecule has 2 aliphatic rings. The molecular formula is C16H20O6S. The Morgan fingerprint density at radius 3 is 2.83 bits per heavy atom. The lowest BCUT2D eigenvalue weighted by Crippen LogP contribution is -2.61. The van der Waals surface area contributed by atoms with Crippen LogP contribution < -0.4 is 0 Å². The van der Waals surface area contributed by atoms with Crippen molar-refractivity contribution in [1.82, 2.24) is 0 Å². The fourth-order valence-corrected chi connectivity index (χ4v) is 3.77. The van der Waals surface area contributed by atoms with E-state index in [1.807, 2.05) is 37.3 Å². The van der Waals surface area contributed by atoms with Gasteiger partial charge in [-0.15, -0.1) is 11.8 Å². The maximum absolute atomic E-state index is 10.8. The summed E-state index contributed by atoms with van der Waals surface area (Å²) in [5.41, 5.74) is 0.405. The van der Waals surface area contributed by atoms with Crippen LogP contribution in [0.3, 0.4) is 0 Å². The highest BCUT2D eigenvalue weighted by molar-refractivity contribution is 7.99. The van der Waals surface area contributed by atoms with Crippen molar-refractivity contribution in [1.29, 1.82) is 0 Å². The van der Waals surface area contributed by atoms with Gasteiger partial charge < -0.3 is 24.1 Å². The van der Waals surface area contributed by atoms with Crippen LogP contribution in [0.15, 0.2) is 30.3 Å². The monoisotopic (exact) mass is 340 g/mol. The summed E-state index contributed by atoms with van der Waals surface area (Å²) in [4.78, 5) is 10.8. The van der Waals surface area contributed by atoms with Gasteiger partial charge in [-0.1, -0.05) is 37.3 Å². The van der Waals surface area contributed by atoms with Crippen LogP contribution in [0.25, 0.3) is 0 Å². The van der Waals surface area contributed by atoms with E-state index in [9.17, 15) is 9.90 Å². The third-order valence-corrected chi connectivity index (χ3v) is 4.97. The number of carbonyl (C=O) groups is 1. The molecule has 126 valence electrons. The standard InChI is InChI=1S/C16H20O6S/c1-2-23-16-12(18)14(20-9-17)13-11(21-16)8-19-15(22-13)10-6-4-3-5-7-10/h3-7,9,11-16,18H,2,8H2,1H3/t11-,12-,13-,14-,15-,16+/m1/s1. The zero-order valence-corrected chi connectivity index (χ0v) is 13.6. The molecule has 0 aromatic heterocycles. The van der Waals surface area contributed by atoms with E-state index in [4.69, 9.17) is 18.9 Å². The van der Waals surface area contributed by atoms with Gasteiger partial charge in [-0.2, -0.15) is 0 Å². The van der Waals surface area contributed by atoms with Crippen LogP contribution in [0, 0.1) is 0 Å². The van der Waals surface area contributed by atoms with Crippen LogP contribution in [0.1, 0.15) is 18.8 Å². The van der Waals surface area contributed by atoms with Crippen LogP contribution in [0.4, 0.5) is 0 Å². The van der Waals surface area contributed by atoms with Gasteiger partial charge in [-0.05, 0) is 5.75 Å². The van der Waals surface area contributed by atoms with Gasteiger partial charge in [0.15, 0.2) is 12.4 Å². The van der Waals surface area contributed by atoms with Crippen molar-refractivity contribution in [3.8, 4) is 0 Å². The van der Waals surface area contributed by atoms with E-state index in [0.29, 0.717) is 13.1 Å². The van der Waals surface area contributed by atoms with Crippen LogP contribution in [0.5, 0.6) is 0 Å². The number of carbonyl (C=O) groups excluding carboxylic acids is 1. The first-order chi connectivity index (χ1) is 11.2. The topological polar surface area (TPSA) is 74.2 Å². The van der Waals surface area contributed by atoms with Crippen molar-refractivity contribution in [2.24, 2.45) is 0 Å². The molecule has 0 aliphatic carbocycles. The predicted molar refractivity (Wildman–Crippen MR) is 83.7 cm³/mol. The molecule has 0 amide bonds. The molecule has 2 aliphatic heterocycles. The quantitative estimate of drug-likeness (QED) is 0.814. The molecular weight excluding hydrogens is 320 g/mol. The first-order valence-corrected chi connectivity index (χ1v) is 8.65. The molecule has 2 fully saturated rings. The van der Waals surface area contributed by atoms with Crippen LogP contribution >= 0.6 is 11.8 Å². The lowest BCUT2D eigenvalue weighted by molar-refractivity contribution is -0.318.